The minimum atomic E-state index is -2.19. The Morgan fingerprint density at radius 1 is 0.765 bits per heavy atom. The Labute approximate surface area is 189 Å². The van der Waals surface area contributed by atoms with Gasteiger partial charge in [0, 0.05) is 0 Å². The summed E-state index contributed by atoms with van der Waals surface area (Å²) >= 11 is 0. The average molecular weight is 296 g/mol. The van der Waals surface area contributed by atoms with Gasteiger partial charge in [-0.15, -0.1) is 0 Å². The Balaban J connectivity index is -0.0000000945. The number of hydrogen-bond donors (Lipinski definition) is 0. The van der Waals surface area contributed by atoms with Crippen molar-refractivity contribution < 1.29 is 127 Å². The van der Waals surface area contributed by atoms with Gasteiger partial charge in [-0.25, -0.2) is 0 Å². The number of carbonyl (C=O) groups excluding carboxylic acids is 2. The number of nitrogens with zero attached hydrogens (tertiary/aromatic N) is 1. The van der Waals surface area contributed by atoms with Gasteiger partial charge in [0.2, 0.25) is 0 Å². The zero-order chi connectivity index (χ0) is 12.5. The Morgan fingerprint density at radius 2 is 0.941 bits per heavy atom. The van der Waals surface area contributed by atoms with E-state index in [0.717, 1.165) is 0 Å². The molecule has 0 unspecified atom stereocenters. The molecule has 0 rings (SSSR count). The third kappa shape index (κ3) is 14.4. The van der Waals surface area contributed by atoms with E-state index >= 15 is 0 Å². The molecule has 0 atom stereocenters. The first-order valence-electron chi connectivity index (χ1n) is 5.16. The maximum absolute atomic E-state index is 8.93. The Morgan fingerprint density at radius 3 is 0.941 bits per heavy atom. The van der Waals surface area contributed by atoms with Crippen molar-refractivity contribution in [3.8, 4) is 0 Å². The standard InChI is InChI=1S/C8H20N.C2H2O4.2K/c1-5-9(6-2,7-3)8-4;3-1(4)2(5)6;;/h5-8H2,1-4H3;(H,3,4)(H,5,6);;/q+1;;2*+1/p-2. The molecule has 0 saturated heterocycles. The zero-order valence-electron chi connectivity index (χ0n) is 11.9. The molecule has 7 heteroatoms. The van der Waals surface area contributed by atoms with E-state index in [-0.39, 0.29) is 103 Å². The minimum Gasteiger partial charge on any atom is -0.543 e. The van der Waals surface area contributed by atoms with Crippen LogP contribution in [0.4, 0.5) is 0 Å². The molecule has 0 amide bonds. The van der Waals surface area contributed by atoms with Gasteiger partial charge in [0.1, 0.15) is 0 Å². The number of carboxylic acid groups (broad SMARTS) is 2. The molecule has 0 heterocycles. The van der Waals surface area contributed by atoms with Crippen molar-refractivity contribution in [1.82, 2.24) is 0 Å². The van der Waals surface area contributed by atoms with Gasteiger partial charge in [-0.2, -0.15) is 0 Å². The molecule has 5 nitrogen and oxygen atoms in total. The maximum Gasteiger partial charge on any atom is 1.00 e. The van der Waals surface area contributed by atoms with Crippen molar-refractivity contribution in [3.05, 3.63) is 0 Å². The number of carboxylic acids is 2. The molecule has 0 aliphatic rings. The molecule has 0 aliphatic carbocycles. The molecule has 0 bridgehead atoms. The summed E-state index contributed by atoms with van der Waals surface area (Å²) < 4.78 is 1.28. The van der Waals surface area contributed by atoms with Crippen LogP contribution in [0.3, 0.4) is 0 Å². The van der Waals surface area contributed by atoms with Crippen LogP contribution in [0.15, 0.2) is 0 Å². The summed E-state index contributed by atoms with van der Waals surface area (Å²) in [5.41, 5.74) is 0. The van der Waals surface area contributed by atoms with Crippen LogP contribution < -0.4 is 113 Å². The van der Waals surface area contributed by atoms with E-state index in [1.807, 2.05) is 0 Å². The van der Waals surface area contributed by atoms with Crippen molar-refractivity contribution in [3.63, 3.8) is 0 Å². The van der Waals surface area contributed by atoms with Gasteiger partial charge in [-0.1, -0.05) is 0 Å². The van der Waals surface area contributed by atoms with Crippen LogP contribution in [0.25, 0.3) is 0 Å². The number of quaternary nitrogens is 1. The summed E-state index contributed by atoms with van der Waals surface area (Å²) in [7, 11) is 0. The van der Waals surface area contributed by atoms with Crippen LogP contribution in [-0.4, -0.2) is 42.6 Å². The van der Waals surface area contributed by atoms with Crippen molar-refractivity contribution >= 4 is 11.9 Å². The van der Waals surface area contributed by atoms with E-state index < -0.39 is 11.9 Å². The summed E-state index contributed by atoms with van der Waals surface area (Å²) in [6.45, 7) is 14.2. The predicted molar refractivity (Wildman–Crippen MR) is 52.4 cm³/mol. The van der Waals surface area contributed by atoms with E-state index in [2.05, 4.69) is 27.7 Å². The van der Waals surface area contributed by atoms with E-state index in [0.29, 0.717) is 0 Å². The minimum absolute atomic E-state index is 0. The van der Waals surface area contributed by atoms with Crippen LogP contribution in [0.5, 0.6) is 0 Å². The molecule has 0 aromatic carbocycles. The molecule has 0 N–H and O–H groups in total. The van der Waals surface area contributed by atoms with E-state index in [9.17, 15) is 0 Å². The fraction of sp³-hybridized carbons (Fsp3) is 0.800. The molecule has 90 valence electrons. The number of rotatable bonds is 4. The molecule has 0 saturated carbocycles. The zero-order valence-corrected chi connectivity index (χ0v) is 18.2. The molecule has 0 fully saturated rings. The second kappa shape index (κ2) is 16.2. The topological polar surface area (TPSA) is 80.3 Å². The maximum atomic E-state index is 8.93. The predicted octanol–water partition coefficient (Wildman–Crippen LogP) is -7.62. The largest absolute Gasteiger partial charge is 1.00 e. The molecule has 0 aromatic rings. The first-order chi connectivity index (χ1) is 6.89. The number of carbonyl (C=O) groups is 2. The van der Waals surface area contributed by atoms with Gasteiger partial charge in [-0.05, 0) is 27.7 Å². The molecular formula is C10H20K2NO4+. The average Bonchev–Trinajstić information content (AvgIpc) is 2.23. The molecular weight excluding hydrogens is 276 g/mol. The van der Waals surface area contributed by atoms with Gasteiger partial charge < -0.3 is 24.3 Å². The van der Waals surface area contributed by atoms with Crippen LogP contribution >= 0.6 is 0 Å². The smallest absolute Gasteiger partial charge is 0.543 e. The first kappa shape index (κ1) is 27.5. The summed E-state index contributed by atoms with van der Waals surface area (Å²) in [5, 5.41) is 17.9. The second-order valence-electron chi connectivity index (χ2n) is 3.18. The normalized spacial score (nSPS) is 8.94. The van der Waals surface area contributed by atoms with Gasteiger partial charge in [0.25, 0.3) is 0 Å². The number of hydrogen-bond acceptors (Lipinski definition) is 4. The van der Waals surface area contributed by atoms with Gasteiger partial charge in [0.15, 0.2) is 0 Å². The fourth-order valence-corrected chi connectivity index (χ4v) is 1.34. The quantitative estimate of drug-likeness (QED) is 0.293. The summed E-state index contributed by atoms with van der Waals surface area (Å²) in [6.07, 6.45) is 0. The Kier molecular flexibility index (Phi) is 26.3. The first-order valence-corrected chi connectivity index (χ1v) is 5.16. The molecule has 0 spiro atoms. The van der Waals surface area contributed by atoms with Crippen molar-refractivity contribution in [2.75, 3.05) is 26.2 Å². The Bertz CT molecular complexity index is 179. The van der Waals surface area contributed by atoms with Gasteiger partial charge >= 0.3 is 103 Å². The second-order valence-corrected chi connectivity index (χ2v) is 3.18. The third-order valence-corrected chi connectivity index (χ3v) is 2.85. The molecule has 0 radical (unpaired) electrons. The monoisotopic (exact) mass is 296 g/mol. The number of aliphatic carboxylic acids is 2. The van der Waals surface area contributed by atoms with E-state index in [1.54, 1.807) is 0 Å². The Hall–Kier alpha value is 2.17. The fourth-order valence-electron chi connectivity index (χ4n) is 1.34. The molecule has 0 aromatic heterocycles. The summed E-state index contributed by atoms with van der Waals surface area (Å²) in [6, 6.07) is 0. The van der Waals surface area contributed by atoms with Crippen LogP contribution in [0.2, 0.25) is 0 Å². The van der Waals surface area contributed by atoms with Crippen molar-refractivity contribution in [2.24, 2.45) is 0 Å². The SMILES string of the molecule is CC[N+](CC)(CC)CC.O=C([O-])C(=O)[O-].[K+].[K+]. The molecule has 0 aliphatic heterocycles. The summed E-state index contributed by atoms with van der Waals surface area (Å²) in [5.74, 6) is -4.37. The van der Waals surface area contributed by atoms with Gasteiger partial charge in [-0.3, -0.25) is 0 Å². The molecule has 17 heavy (non-hydrogen) atoms. The van der Waals surface area contributed by atoms with Crippen molar-refractivity contribution in [2.45, 2.75) is 27.7 Å². The third-order valence-electron chi connectivity index (χ3n) is 2.85. The van der Waals surface area contributed by atoms with Crippen LogP contribution in [0.1, 0.15) is 27.7 Å². The van der Waals surface area contributed by atoms with E-state index in [1.165, 1.54) is 30.7 Å². The van der Waals surface area contributed by atoms with Crippen LogP contribution in [-0.2, 0) is 9.59 Å². The van der Waals surface area contributed by atoms with Crippen LogP contribution in [0, 0.1) is 0 Å². The summed E-state index contributed by atoms with van der Waals surface area (Å²) in [4.78, 5) is 17.9. The van der Waals surface area contributed by atoms with Gasteiger partial charge in [0.05, 0.1) is 38.1 Å². The van der Waals surface area contributed by atoms with E-state index in [4.69, 9.17) is 19.8 Å². The van der Waals surface area contributed by atoms with Crippen molar-refractivity contribution in [1.29, 1.82) is 0 Å².